The van der Waals surface area contributed by atoms with Gasteiger partial charge in [-0.1, -0.05) is 17.8 Å². The molecule has 1 aromatic carbocycles. The van der Waals surface area contributed by atoms with Crippen LogP contribution in [0.1, 0.15) is 23.5 Å². The minimum Gasteiger partial charge on any atom is -0.411 e. The molecule has 0 fully saturated rings. The minimum atomic E-state index is -0.372. The quantitative estimate of drug-likeness (QED) is 0.417. The molecule has 0 unspecified atom stereocenters. The summed E-state index contributed by atoms with van der Waals surface area (Å²) in [5.74, 6) is -0.299. The van der Waals surface area contributed by atoms with Crippen LogP contribution in [0.25, 0.3) is 11.5 Å². The van der Waals surface area contributed by atoms with Gasteiger partial charge in [0, 0.05) is 24.3 Å². The largest absolute Gasteiger partial charge is 0.411 e. The molecule has 8 nitrogen and oxygen atoms in total. The van der Waals surface area contributed by atoms with Crippen LogP contribution in [0, 0.1) is 0 Å². The number of rotatable bonds is 8. The molecular formula is C19H21N5O3S2. The molecular weight excluding hydrogens is 410 g/mol. The molecule has 10 heteroatoms. The molecule has 3 aromatic rings. The summed E-state index contributed by atoms with van der Waals surface area (Å²) in [6.07, 6.45) is 0. The summed E-state index contributed by atoms with van der Waals surface area (Å²) in [6, 6.07) is 11.3. The summed E-state index contributed by atoms with van der Waals surface area (Å²) in [4.78, 5) is 26.4. The van der Waals surface area contributed by atoms with Gasteiger partial charge in [0.15, 0.2) is 0 Å². The van der Waals surface area contributed by atoms with E-state index < -0.39 is 0 Å². The Morgan fingerprint density at radius 3 is 2.52 bits per heavy atom. The number of benzene rings is 1. The first kappa shape index (κ1) is 20.9. The number of aromatic nitrogens is 2. The van der Waals surface area contributed by atoms with Crippen molar-refractivity contribution in [1.82, 2.24) is 21.0 Å². The van der Waals surface area contributed by atoms with Gasteiger partial charge in [0.25, 0.3) is 11.1 Å². The topological polar surface area (TPSA) is 100 Å². The zero-order valence-corrected chi connectivity index (χ0v) is 17.7. The van der Waals surface area contributed by atoms with Crippen molar-refractivity contribution in [1.29, 1.82) is 0 Å². The fourth-order valence-corrected chi connectivity index (χ4v) is 3.73. The normalized spacial score (nSPS) is 10.6. The van der Waals surface area contributed by atoms with Crippen molar-refractivity contribution in [3.05, 3.63) is 46.7 Å². The predicted molar refractivity (Wildman–Crippen MR) is 114 cm³/mol. The Morgan fingerprint density at radius 1 is 1.10 bits per heavy atom. The number of hydrogen-bond donors (Lipinski definition) is 2. The number of hydrogen-bond acceptors (Lipinski definition) is 8. The van der Waals surface area contributed by atoms with Crippen LogP contribution in [0.5, 0.6) is 0 Å². The maximum atomic E-state index is 11.9. The van der Waals surface area contributed by atoms with Gasteiger partial charge in [-0.25, -0.2) is 0 Å². The molecule has 0 radical (unpaired) electrons. The van der Waals surface area contributed by atoms with Crippen molar-refractivity contribution in [3.63, 3.8) is 0 Å². The fraction of sp³-hybridized carbons (Fsp3) is 0.263. The van der Waals surface area contributed by atoms with Crippen molar-refractivity contribution < 1.29 is 14.0 Å². The Labute approximate surface area is 176 Å². The SMILES string of the molecule is CCN(CC)c1ccc(-c2nnc(SCC(=O)NNC(=O)c3cccs3)o2)cc1. The van der Waals surface area contributed by atoms with Crippen LogP contribution in [-0.2, 0) is 4.79 Å². The molecule has 0 aliphatic rings. The van der Waals surface area contributed by atoms with Gasteiger partial charge in [-0.05, 0) is 49.6 Å². The average molecular weight is 432 g/mol. The second-order valence-electron chi connectivity index (χ2n) is 5.86. The van der Waals surface area contributed by atoms with E-state index in [9.17, 15) is 9.59 Å². The zero-order valence-electron chi connectivity index (χ0n) is 16.0. The van der Waals surface area contributed by atoms with E-state index in [0.29, 0.717) is 10.8 Å². The molecule has 2 aromatic heterocycles. The van der Waals surface area contributed by atoms with Gasteiger partial charge in [0.2, 0.25) is 11.8 Å². The summed E-state index contributed by atoms with van der Waals surface area (Å²) in [5.41, 5.74) is 6.67. The first-order valence-electron chi connectivity index (χ1n) is 9.05. The van der Waals surface area contributed by atoms with Crippen LogP contribution in [0.4, 0.5) is 5.69 Å². The van der Waals surface area contributed by atoms with E-state index in [0.717, 1.165) is 36.1 Å². The highest BCUT2D eigenvalue weighted by Gasteiger charge is 2.13. The highest BCUT2D eigenvalue weighted by molar-refractivity contribution is 7.99. The van der Waals surface area contributed by atoms with Crippen LogP contribution in [0.2, 0.25) is 0 Å². The van der Waals surface area contributed by atoms with Crippen molar-refractivity contribution >= 4 is 40.6 Å². The van der Waals surface area contributed by atoms with E-state index in [2.05, 4.69) is 39.8 Å². The highest BCUT2D eigenvalue weighted by atomic mass is 32.2. The molecule has 29 heavy (non-hydrogen) atoms. The van der Waals surface area contributed by atoms with Gasteiger partial charge in [0.05, 0.1) is 10.6 Å². The van der Waals surface area contributed by atoms with Gasteiger partial charge in [-0.2, -0.15) is 0 Å². The van der Waals surface area contributed by atoms with E-state index >= 15 is 0 Å². The third-order valence-corrected chi connectivity index (χ3v) is 5.72. The highest BCUT2D eigenvalue weighted by Crippen LogP contribution is 2.25. The molecule has 0 aliphatic carbocycles. The standard InChI is InChI=1S/C19H21N5O3S2/c1-3-24(4-2)14-9-7-13(8-10-14)18-22-23-19(27-18)29-12-16(25)20-21-17(26)15-6-5-11-28-15/h5-11H,3-4,12H2,1-2H3,(H,20,25)(H,21,26). The molecule has 2 amide bonds. The monoisotopic (exact) mass is 431 g/mol. The number of thioether (sulfide) groups is 1. The first-order chi connectivity index (χ1) is 14.1. The Morgan fingerprint density at radius 2 is 1.86 bits per heavy atom. The summed E-state index contributed by atoms with van der Waals surface area (Å²) < 4.78 is 5.62. The molecule has 0 saturated carbocycles. The molecule has 0 saturated heterocycles. The van der Waals surface area contributed by atoms with Gasteiger partial charge in [0.1, 0.15) is 0 Å². The smallest absolute Gasteiger partial charge is 0.279 e. The summed E-state index contributed by atoms with van der Waals surface area (Å²) in [6.45, 7) is 6.10. The van der Waals surface area contributed by atoms with Crippen LogP contribution in [0.3, 0.4) is 0 Å². The Bertz CT molecular complexity index is 937. The van der Waals surface area contributed by atoms with E-state index in [1.807, 2.05) is 24.3 Å². The van der Waals surface area contributed by atoms with Crippen LogP contribution in [-0.4, -0.2) is 40.9 Å². The third kappa shape index (κ3) is 5.58. The minimum absolute atomic E-state index is 0.0350. The Kier molecular flexibility index (Phi) is 7.25. The predicted octanol–water partition coefficient (Wildman–Crippen LogP) is 3.20. The van der Waals surface area contributed by atoms with Gasteiger partial charge in [-0.15, -0.1) is 21.5 Å². The second-order valence-corrected chi connectivity index (χ2v) is 7.73. The number of carbonyl (C=O) groups is 2. The number of carbonyl (C=O) groups excluding carboxylic acids is 2. The van der Waals surface area contributed by atoms with Crippen LogP contribution < -0.4 is 15.8 Å². The number of anilines is 1. The van der Waals surface area contributed by atoms with E-state index in [1.54, 1.807) is 17.5 Å². The third-order valence-electron chi connectivity index (χ3n) is 4.04. The maximum absolute atomic E-state index is 11.9. The fourth-order valence-electron chi connectivity index (χ4n) is 2.55. The Hall–Kier alpha value is -2.85. The number of amides is 2. The van der Waals surface area contributed by atoms with E-state index in [1.165, 1.54) is 11.3 Å². The molecule has 2 N–H and O–H groups in total. The van der Waals surface area contributed by atoms with Crippen molar-refractivity contribution in [2.24, 2.45) is 0 Å². The molecule has 152 valence electrons. The summed E-state index contributed by atoms with van der Waals surface area (Å²) >= 11 is 2.39. The number of hydrazine groups is 1. The van der Waals surface area contributed by atoms with Crippen LogP contribution in [0.15, 0.2) is 51.4 Å². The van der Waals surface area contributed by atoms with Crippen LogP contribution >= 0.6 is 23.1 Å². The molecule has 2 heterocycles. The number of nitrogens with zero attached hydrogens (tertiary/aromatic N) is 3. The van der Waals surface area contributed by atoms with Gasteiger partial charge >= 0.3 is 0 Å². The lowest BCUT2D eigenvalue weighted by Crippen LogP contribution is -2.42. The Balaban J connectivity index is 1.50. The van der Waals surface area contributed by atoms with E-state index in [-0.39, 0.29) is 22.8 Å². The molecule has 0 atom stereocenters. The summed E-state index contributed by atoms with van der Waals surface area (Å²) in [5, 5.41) is 10.1. The average Bonchev–Trinajstić information content (AvgIpc) is 3.44. The molecule has 0 bridgehead atoms. The second kappa shape index (κ2) is 10.1. The lowest BCUT2D eigenvalue weighted by molar-refractivity contribution is -0.119. The van der Waals surface area contributed by atoms with Crippen molar-refractivity contribution in [3.8, 4) is 11.5 Å². The number of thiophene rings is 1. The molecule has 3 rings (SSSR count). The molecule has 0 aliphatic heterocycles. The van der Waals surface area contributed by atoms with E-state index in [4.69, 9.17) is 4.42 Å². The lowest BCUT2D eigenvalue weighted by atomic mass is 10.2. The molecule has 0 spiro atoms. The van der Waals surface area contributed by atoms with Gasteiger partial charge in [-0.3, -0.25) is 20.4 Å². The maximum Gasteiger partial charge on any atom is 0.279 e. The van der Waals surface area contributed by atoms with Crippen molar-refractivity contribution in [2.75, 3.05) is 23.7 Å². The lowest BCUT2D eigenvalue weighted by Gasteiger charge is -2.20. The van der Waals surface area contributed by atoms with Gasteiger partial charge < -0.3 is 9.32 Å². The first-order valence-corrected chi connectivity index (χ1v) is 10.9. The zero-order chi connectivity index (χ0) is 20.6. The summed E-state index contributed by atoms with van der Waals surface area (Å²) in [7, 11) is 0. The number of nitrogens with one attached hydrogen (secondary N) is 2. The van der Waals surface area contributed by atoms with Crippen molar-refractivity contribution in [2.45, 2.75) is 19.1 Å².